The van der Waals surface area contributed by atoms with Gasteiger partial charge in [0.25, 0.3) is 0 Å². The number of nitrogens with zero attached hydrogens (tertiary/aromatic N) is 1. The van der Waals surface area contributed by atoms with Gasteiger partial charge in [-0.05, 0) is 49.9 Å². The number of carbonyl (C=O) groups is 1. The quantitative estimate of drug-likeness (QED) is 0.919. The molecule has 1 saturated carbocycles. The van der Waals surface area contributed by atoms with E-state index < -0.39 is 10.0 Å². The van der Waals surface area contributed by atoms with Crippen molar-refractivity contribution in [3.05, 3.63) is 24.3 Å². The van der Waals surface area contributed by atoms with Gasteiger partial charge in [-0.2, -0.15) is 0 Å². The lowest BCUT2D eigenvalue weighted by Gasteiger charge is -2.27. The molecule has 3 rings (SSSR count). The zero-order chi connectivity index (χ0) is 16.3. The predicted octanol–water partition coefficient (Wildman–Crippen LogP) is 2.81. The molecule has 1 aliphatic carbocycles. The molecule has 1 aliphatic heterocycles. The van der Waals surface area contributed by atoms with Crippen LogP contribution in [0.15, 0.2) is 29.2 Å². The van der Waals surface area contributed by atoms with E-state index in [2.05, 4.69) is 4.72 Å². The van der Waals surface area contributed by atoms with Crippen LogP contribution in [0.3, 0.4) is 0 Å². The number of hydrogen-bond acceptors (Lipinski definition) is 3. The number of amides is 1. The van der Waals surface area contributed by atoms with Crippen LogP contribution in [0, 0.1) is 0 Å². The van der Waals surface area contributed by atoms with Crippen LogP contribution in [0.4, 0.5) is 5.69 Å². The first-order chi connectivity index (χ1) is 11.1. The summed E-state index contributed by atoms with van der Waals surface area (Å²) in [5.74, 6) is 0.118. The summed E-state index contributed by atoms with van der Waals surface area (Å²) in [7, 11) is -3.47. The fourth-order valence-corrected chi connectivity index (χ4v) is 4.70. The first kappa shape index (κ1) is 16.5. The predicted molar refractivity (Wildman–Crippen MR) is 89.8 cm³/mol. The number of hydrogen-bond donors (Lipinski definition) is 1. The van der Waals surface area contributed by atoms with Crippen molar-refractivity contribution >= 4 is 21.6 Å². The Hall–Kier alpha value is -1.40. The summed E-state index contributed by atoms with van der Waals surface area (Å²) in [6.07, 6.45) is 7.70. The van der Waals surface area contributed by atoms with Gasteiger partial charge in [-0.25, -0.2) is 13.1 Å². The maximum Gasteiger partial charge on any atom is 0.240 e. The fourth-order valence-electron chi connectivity index (χ4n) is 3.39. The third-order valence-electron chi connectivity index (χ3n) is 4.71. The Balaban J connectivity index is 1.71. The van der Waals surface area contributed by atoms with Crippen molar-refractivity contribution in [2.75, 3.05) is 11.4 Å². The molecule has 5 nitrogen and oxygen atoms in total. The van der Waals surface area contributed by atoms with Crippen molar-refractivity contribution < 1.29 is 13.2 Å². The number of benzene rings is 1. The maximum atomic E-state index is 12.5. The van der Waals surface area contributed by atoms with E-state index in [1.165, 1.54) is 6.42 Å². The molecular weight excluding hydrogens is 312 g/mol. The van der Waals surface area contributed by atoms with Crippen molar-refractivity contribution in [3.63, 3.8) is 0 Å². The Morgan fingerprint density at radius 1 is 0.957 bits per heavy atom. The summed E-state index contributed by atoms with van der Waals surface area (Å²) < 4.78 is 27.7. The molecule has 0 atom stereocenters. The lowest BCUT2D eigenvalue weighted by molar-refractivity contribution is -0.119. The second kappa shape index (κ2) is 7.01. The second-order valence-corrected chi connectivity index (χ2v) is 8.17. The molecule has 0 spiro atoms. The number of piperidine rings is 1. The second-order valence-electron chi connectivity index (χ2n) is 6.45. The number of rotatable bonds is 4. The molecule has 1 aromatic carbocycles. The molecule has 0 unspecified atom stereocenters. The molecule has 126 valence electrons. The minimum atomic E-state index is -3.47. The van der Waals surface area contributed by atoms with E-state index in [-0.39, 0.29) is 16.8 Å². The van der Waals surface area contributed by atoms with Crippen LogP contribution >= 0.6 is 0 Å². The summed E-state index contributed by atoms with van der Waals surface area (Å²) in [4.78, 5) is 14.0. The smallest absolute Gasteiger partial charge is 0.240 e. The van der Waals surface area contributed by atoms with Gasteiger partial charge in [0.1, 0.15) is 0 Å². The Labute approximate surface area is 138 Å². The van der Waals surface area contributed by atoms with Crippen molar-refractivity contribution in [1.82, 2.24) is 4.72 Å². The maximum absolute atomic E-state index is 12.5. The molecule has 2 fully saturated rings. The van der Waals surface area contributed by atoms with Crippen LogP contribution in [0.5, 0.6) is 0 Å². The standard InChI is InChI=1S/C17H24N2O3S/c20-17-8-4-5-13-19(17)15-9-11-16(12-10-15)23(21,22)18-14-6-2-1-3-7-14/h9-12,14,18H,1-8,13H2. The van der Waals surface area contributed by atoms with Crippen LogP contribution < -0.4 is 9.62 Å². The van der Waals surface area contributed by atoms with E-state index in [0.29, 0.717) is 13.0 Å². The summed E-state index contributed by atoms with van der Waals surface area (Å²) in [6, 6.07) is 6.72. The summed E-state index contributed by atoms with van der Waals surface area (Å²) in [5, 5.41) is 0. The average Bonchev–Trinajstić information content (AvgIpc) is 2.56. The molecule has 2 aliphatic rings. The van der Waals surface area contributed by atoms with Crippen LogP contribution in [-0.4, -0.2) is 26.9 Å². The first-order valence-electron chi connectivity index (χ1n) is 8.49. The summed E-state index contributed by atoms with van der Waals surface area (Å²) in [5.41, 5.74) is 0.784. The summed E-state index contributed by atoms with van der Waals surface area (Å²) >= 11 is 0. The molecule has 0 aromatic heterocycles. The van der Waals surface area contributed by atoms with Crippen LogP contribution in [0.25, 0.3) is 0 Å². The third-order valence-corrected chi connectivity index (χ3v) is 6.25. The zero-order valence-electron chi connectivity index (χ0n) is 13.3. The number of anilines is 1. The van der Waals surface area contributed by atoms with Crippen molar-refractivity contribution in [1.29, 1.82) is 0 Å². The van der Waals surface area contributed by atoms with E-state index >= 15 is 0 Å². The van der Waals surface area contributed by atoms with E-state index in [4.69, 9.17) is 0 Å². The molecule has 1 N–H and O–H groups in total. The van der Waals surface area contributed by atoms with Gasteiger partial charge in [-0.1, -0.05) is 19.3 Å². The van der Waals surface area contributed by atoms with Gasteiger partial charge in [0, 0.05) is 24.7 Å². The monoisotopic (exact) mass is 336 g/mol. The van der Waals surface area contributed by atoms with E-state index in [1.54, 1.807) is 29.2 Å². The van der Waals surface area contributed by atoms with Gasteiger partial charge < -0.3 is 4.90 Å². The molecule has 0 bridgehead atoms. The highest BCUT2D eigenvalue weighted by Crippen LogP contribution is 2.24. The Morgan fingerprint density at radius 2 is 1.65 bits per heavy atom. The van der Waals surface area contributed by atoms with Gasteiger partial charge in [0.2, 0.25) is 15.9 Å². The van der Waals surface area contributed by atoms with Crippen LogP contribution in [-0.2, 0) is 14.8 Å². The van der Waals surface area contributed by atoms with E-state index in [9.17, 15) is 13.2 Å². The zero-order valence-corrected chi connectivity index (χ0v) is 14.1. The SMILES string of the molecule is O=C1CCCCN1c1ccc(S(=O)(=O)NC2CCCCC2)cc1. The van der Waals surface area contributed by atoms with E-state index in [1.807, 2.05) is 0 Å². The van der Waals surface area contributed by atoms with Crippen molar-refractivity contribution in [2.24, 2.45) is 0 Å². The Bertz CT molecular complexity index is 649. The highest BCUT2D eigenvalue weighted by Gasteiger charge is 2.23. The lowest BCUT2D eigenvalue weighted by atomic mass is 9.96. The highest BCUT2D eigenvalue weighted by molar-refractivity contribution is 7.89. The topological polar surface area (TPSA) is 66.5 Å². The van der Waals surface area contributed by atoms with Gasteiger partial charge in [-0.15, -0.1) is 0 Å². The lowest BCUT2D eigenvalue weighted by Crippen LogP contribution is -2.36. The number of sulfonamides is 1. The molecule has 0 radical (unpaired) electrons. The molecular formula is C17H24N2O3S. The largest absolute Gasteiger partial charge is 0.312 e. The first-order valence-corrected chi connectivity index (χ1v) is 9.97. The van der Waals surface area contributed by atoms with Crippen LogP contribution in [0.2, 0.25) is 0 Å². The third kappa shape index (κ3) is 3.93. The van der Waals surface area contributed by atoms with Crippen molar-refractivity contribution in [2.45, 2.75) is 62.3 Å². The molecule has 6 heteroatoms. The Morgan fingerprint density at radius 3 is 2.30 bits per heavy atom. The molecule has 1 saturated heterocycles. The average molecular weight is 336 g/mol. The number of carbonyl (C=O) groups excluding carboxylic acids is 1. The van der Waals surface area contributed by atoms with Gasteiger partial charge in [-0.3, -0.25) is 4.79 Å². The van der Waals surface area contributed by atoms with E-state index in [0.717, 1.165) is 44.2 Å². The normalized spacial score (nSPS) is 20.7. The van der Waals surface area contributed by atoms with Crippen molar-refractivity contribution in [3.8, 4) is 0 Å². The minimum Gasteiger partial charge on any atom is -0.312 e. The van der Waals surface area contributed by atoms with Gasteiger partial charge >= 0.3 is 0 Å². The molecule has 1 heterocycles. The highest BCUT2D eigenvalue weighted by atomic mass is 32.2. The molecule has 1 amide bonds. The van der Waals surface area contributed by atoms with Gasteiger partial charge in [0.15, 0.2) is 0 Å². The Kier molecular flexibility index (Phi) is 5.02. The van der Waals surface area contributed by atoms with Gasteiger partial charge in [0.05, 0.1) is 4.90 Å². The fraction of sp³-hybridized carbons (Fsp3) is 0.588. The number of nitrogens with one attached hydrogen (secondary N) is 1. The van der Waals surface area contributed by atoms with Crippen LogP contribution in [0.1, 0.15) is 51.4 Å². The molecule has 1 aromatic rings. The summed E-state index contributed by atoms with van der Waals surface area (Å²) in [6.45, 7) is 0.714. The molecule has 23 heavy (non-hydrogen) atoms. The minimum absolute atomic E-state index is 0.0529.